The highest BCUT2D eigenvalue weighted by Crippen LogP contribution is 2.30. The fourth-order valence-electron chi connectivity index (χ4n) is 4.67. The highest BCUT2D eigenvalue weighted by Gasteiger charge is 2.20. The van der Waals surface area contributed by atoms with E-state index in [9.17, 15) is 4.79 Å². The summed E-state index contributed by atoms with van der Waals surface area (Å²) in [5.74, 6) is 0.913. The third-order valence-corrected chi connectivity index (χ3v) is 6.38. The molecule has 1 aromatic carbocycles. The maximum atomic E-state index is 12.5. The number of carbonyl (C=O) groups is 1. The van der Waals surface area contributed by atoms with Gasteiger partial charge in [0.15, 0.2) is 0 Å². The van der Waals surface area contributed by atoms with Crippen molar-refractivity contribution in [2.45, 2.75) is 95.8 Å². The molecule has 1 amide bonds. The van der Waals surface area contributed by atoms with E-state index in [-0.39, 0.29) is 5.91 Å². The average molecular weight is 356 g/mol. The van der Waals surface area contributed by atoms with Crippen molar-refractivity contribution in [2.75, 3.05) is 13.1 Å². The minimum atomic E-state index is 0.226. The standard InChI is InChI=1S/C24H37NO/c26-24(25-19-11-12-20-25)23-17-15-22(16-18-23)21-13-9-7-5-3-1-2-4-6-8-10-14-21/h15-18,21H,1-14,19-20H2. The van der Waals surface area contributed by atoms with Crippen LogP contribution in [0.2, 0.25) is 0 Å². The van der Waals surface area contributed by atoms with Crippen LogP contribution in [0.3, 0.4) is 0 Å². The van der Waals surface area contributed by atoms with Gasteiger partial charge < -0.3 is 4.90 Å². The summed E-state index contributed by atoms with van der Waals surface area (Å²) in [5.41, 5.74) is 2.33. The molecule has 0 radical (unpaired) electrons. The normalized spacial score (nSPS) is 21.6. The summed E-state index contributed by atoms with van der Waals surface area (Å²) < 4.78 is 0. The van der Waals surface area contributed by atoms with E-state index in [1.807, 2.05) is 4.90 Å². The average Bonchev–Trinajstić information content (AvgIpc) is 3.21. The third kappa shape index (κ3) is 5.86. The number of likely N-dealkylation sites (tertiary alicyclic amines) is 1. The SMILES string of the molecule is O=C(c1ccc(C2CCCCCCCCCCCC2)cc1)N1CCCC1. The van der Waals surface area contributed by atoms with Gasteiger partial charge in [0, 0.05) is 18.7 Å². The Morgan fingerprint density at radius 2 is 1.12 bits per heavy atom. The Balaban J connectivity index is 1.59. The van der Waals surface area contributed by atoms with Gasteiger partial charge in [0.1, 0.15) is 0 Å². The van der Waals surface area contributed by atoms with Gasteiger partial charge in [-0.05, 0) is 49.3 Å². The summed E-state index contributed by atoms with van der Waals surface area (Å²) >= 11 is 0. The lowest BCUT2D eigenvalue weighted by Gasteiger charge is -2.19. The molecule has 1 saturated carbocycles. The van der Waals surface area contributed by atoms with Crippen LogP contribution in [0, 0.1) is 0 Å². The molecule has 1 heterocycles. The first kappa shape index (κ1) is 19.5. The summed E-state index contributed by atoms with van der Waals surface area (Å²) in [7, 11) is 0. The van der Waals surface area contributed by atoms with Crippen molar-refractivity contribution in [2.24, 2.45) is 0 Å². The molecule has 1 aromatic rings. The molecule has 0 bridgehead atoms. The molecule has 1 aliphatic carbocycles. The molecular formula is C24H37NO. The van der Waals surface area contributed by atoms with Gasteiger partial charge in [-0.1, -0.05) is 76.3 Å². The molecule has 2 fully saturated rings. The number of hydrogen-bond donors (Lipinski definition) is 0. The quantitative estimate of drug-likeness (QED) is 0.578. The fourth-order valence-corrected chi connectivity index (χ4v) is 4.67. The second kappa shape index (κ2) is 10.7. The van der Waals surface area contributed by atoms with Gasteiger partial charge in [0.25, 0.3) is 5.91 Å². The summed E-state index contributed by atoms with van der Waals surface area (Å²) in [6.07, 6.45) is 19.0. The van der Waals surface area contributed by atoms with Crippen LogP contribution in [0.25, 0.3) is 0 Å². The van der Waals surface area contributed by atoms with Gasteiger partial charge in [-0.2, -0.15) is 0 Å². The number of benzene rings is 1. The van der Waals surface area contributed by atoms with E-state index in [0.29, 0.717) is 5.92 Å². The van der Waals surface area contributed by atoms with Crippen molar-refractivity contribution in [3.8, 4) is 0 Å². The molecule has 0 atom stereocenters. The fraction of sp³-hybridized carbons (Fsp3) is 0.708. The largest absolute Gasteiger partial charge is 0.339 e. The maximum Gasteiger partial charge on any atom is 0.253 e. The topological polar surface area (TPSA) is 20.3 Å². The zero-order valence-electron chi connectivity index (χ0n) is 16.6. The zero-order chi connectivity index (χ0) is 18.0. The Hall–Kier alpha value is -1.31. The van der Waals surface area contributed by atoms with E-state index in [4.69, 9.17) is 0 Å². The van der Waals surface area contributed by atoms with Crippen LogP contribution in [0.1, 0.15) is 112 Å². The number of carbonyl (C=O) groups excluding carboxylic acids is 1. The van der Waals surface area contributed by atoms with Gasteiger partial charge in [0.2, 0.25) is 0 Å². The molecular weight excluding hydrogens is 318 g/mol. The number of hydrogen-bond acceptors (Lipinski definition) is 1. The van der Waals surface area contributed by atoms with E-state index in [1.54, 1.807) is 0 Å². The van der Waals surface area contributed by atoms with Gasteiger partial charge in [-0.15, -0.1) is 0 Å². The van der Waals surface area contributed by atoms with Crippen LogP contribution in [0.15, 0.2) is 24.3 Å². The van der Waals surface area contributed by atoms with Crippen molar-refractivity contribution in [3.05, 3.63) is 35.4 Å². The van der Waals surface area contributed by atoms with E-state index < -0.39 is 0 Å². The van der Waals surface area contributed by atoms with Crippen LogP contribution in [-0.4, -0.2) is 23.9 Å². The highest BCUT2D eigenvalue weighted by atomic mass is 16.2. The van der Waals surface area contributed by atoms with E-state index >= 15 is 0 Å². The zero-order valence-corrected chi connectivity index (χ0v) is 16.6. The predicted molar refractivity (Wildman–Crippen MR) is 110 cm³/mol. The van der Waals surface area contributed by atoms with Crippen LogP contribution in [0.4, 0.5) is 0 Å². The molecule has 0 spiro atoms. The molecule has 0 N–H and O–H groups in total. The Labute approximate surface area is 160 Å². The number of nitrogens with zero attached hydrogens (tertiary/aromatic N) is 1. The van der Waals surface area contributed by atoms with Crippen molar-refractivity contribution >= 4 is 5.91 Å². The minimum Gasteiger partial charge on any atom is -0.339 e. The smallest absolute Gasteiger partial charge is 0.253 e. The number of amides is 1. The van der Waals surface area contributed by atoms with E-state index in [1.165, 1.54) is 82.6 Å². The lowest BCUT2D eigenvalue weighted by molar-refractivity contribution is 0.0793. The second-order valence-electron chi connectivity index (χ2n) is 8.43. The lowest BCUT2D eigenvalue weighted by Crippen LogP contribution is -2.27. The summed E-state index contributed by atoms with van der Waals surface area (Å²) in [4.78, 5) is 14.6. The van der Waals surface area contributed by atoms with Gasteiger partial charge in [-0.25, -0.2) is 0 Å². The molecule has 2 nitrogen and oxygen atoms in total. The first-order chi connectivity index (χ1) is 12.8. The molecule has 3 rings (SSSR count). The van der Waals surface area contributed by atoms with E-state index in [0.717, 1.165) is 31.5 Å². The number of rotatable bonds is 2. The maximum absolute atomic E-state index is 12.5. The van der Waals surface area contributed by atoms with Gasteiger partial charge in [0.05, 0.1) is 0 Å². The Kier molecular flexibility index (Phi) is 8.04. The summed E-state index contributed by atoms with van der Waals surface area (Å²) in [6, 6.07) is 8.65. The summed E-state index contributed by atoms with van der Waals surface area (Å²) in [5, 5.41) is 0. The molecule has 2 heteroatoms. The van der Waals surface area contributed by atoms with E-state index in [2.05, 4.69) is 24.3 Å². The monoisotopic (exact) mass is 355 g/mol. The minimum absolute atomic E-state index is 0.226. The van der Waals surface area contributed by atoms with Crippen molar-refractivity contribution in [3.63, 3.8) is 0 Å². The molecule has 0 unspecified atom stereocenters. The Morgan fingerprint density at radius 3 is 1.62 bits per heavy atom. The molecule has 1 saturated heterocycles. The van der Waals surface area contributed by atoms with Crippen molar-refractivity contribution in [1.82, 2.24) is 4.90 Å². The van der Waals surface area contributed by atoms with Crippen molar-refractivity contribution < 1.29 is 4.79 Å². The predicted octanol–water partition coefficient (Wildman–Crippen LogP) is 6.70. The van der Waals surface area contributed by atoms with Crippen LogP contribution < -0.4 is 0 Å². The molecule has 2 aliphatic rings. The van der Waals surface area contributed by atoms with Gasteiger partial charge >= 0.3 is 0 Å². The van der Waals surface area contributed by atoms with Crippen LogP contribution in [0.5, 0.6) is 0 Å². The first-order valence-electron chi connectivity index (χ1n) is 11.2. The summed E-state index contributed by atoms with van der Waals surface area (Å²) in [6.45, 7) is 1.87. The molecule has 26 heavy (non-hydrogen) atoms. The van der Waals surface area contributed by atoms with Crippen LogP contribution in [-0.2, 0) is 0 Å². The Bertz CT molecular complexity index is 516. The second-order valence-corrected chi connectivity index (χ2v) is 8.43. The third-order valence-electron chi connectivity index (χ3n) is 6.38. The van der Waals surface area contributed by atoms with Gasteiger partial charge in [-0.3, -0.25) is 4.79 Å². The van der Waals surface area contributed by atoms with Crippen molar-refractivity contribution in [1.29, 1.82) is 0 Å². The molecule has 0 aromatic heterocycles. The van der Waals surface area contributed by atoms with Crippen LogP contribution >= 0.6 is 0 Å². The molecule has 144 valence electrons. The molecule has 1 aliphatic heterocycles. The first-order valence-corrected chi connectivity index (χ1v) is 11.2. The highest BCUT2D eigenvalue weighted by molar-refractivity contribution is 5.94. The Morgan fingerprint density at radius 1 is 0.654 bits per heavy atom. The lowest BCUT2D eigenvalue weighted by atomic mass is 9.88.